The minimum atomic E-state index is -3.64. The van der Waals surface area contributed by atoms with E-state index in [9.17, 15) is 21.9 Å². The monoisotopic (exact) mass is 605 g/mol. The maximum Gasteiger partial charge on any atom is 0.243 e. The van der Waals surface area contributed by atoms with Crippen molar-refractivity contribution in [3.63, 3.8) is 0 Å². The molecule has 222 valence electrons. The van der Waals surface area contributed by atoms with E-state index in [1.165, 1.54) is 16.4 Å². The molecule has 41 heavy (non-hydrogen) atoms. The molecule has 11 nitrogen and oxygen atoms in total. The molecule has 3 aromatic rings. The zero-order chi connectivity index (χ0) is 29.1. The standard InChI is InChI=1S/C28H35N3O8S2/c32-13-14-40(34,35)25-5-1-4-24(16-25)38-20-23(33)18-30-22-17-28(39-19-22)8-11-31(12-9-28)41(36,37)26-6-7-27-21(15-26)3-2-10-29-27/h1-7,10,15-16,22-23,30,32-33H,8-9,11-14,17-20H2/t22-,23+/m1/s1. The fraction of sp³-hybridized carbons (Fsp3) is 0.464. The quantitative estimate of drug-likeness (QED) is 0.292. The van der Waals surface area contributed by atoms with Gasteiger partial charge >= 0.3 is 0 Å². The van der Waals surface area contributed by atoms with Crippen molar-refractivity contribution < 1.29 is 36.5 Å². The van der Waals surface area contributed by atoms with E-state index in [0.717, 1.165) is 10.9 Å². The number of piperidine rings is 1. The SMILES string of the molecule is O=S(=O)(CCO)c1cccc(OC[C@@H](O)CN[C@H]2COC3(CCN(S(=O)(=O)c4ccc5ncccc5c4)CC3)C2)c1. The van der Waals surface area contributed by atoms with Crippen LogP contribution < -0.4 is 10.1 Å². The van der Waals surface area contributed by atoms with Gasteiger partial charge in [-0.05, 0) is 61.7 Å². The van der Waals surface area contributed by atoms with Gasteiger partial charge in [-0.15, -0.1) is 0 Å². The lowest BCUT2D eigenvalue weighted by Gasteiger charge is -2.38. The highest BCUT2D eigenvalue weighted by Crippen LogP contribution is 2.37. The number of sulfonamides is 1. The Morgan fingerprint density at radius 3 is 2.66 bits per heavy atom. The molecular formula is C28H35N3O8S2. The van der Waals surface area contributed by atoms with Gasteiger partial charge in [-0.2, -0.15) is 4.31 Å². The van der Waals surface area contributed by atoms with Crippen molar-refractivity contribution in [1.29, 1.82) is 0 Å². The number of nitrogens with one attached hydrogen (secondary N) is 1. The molecule has 3 N–H and O–H groups in total. The van der Waals surface area contributed by atoms with Crippen molar-refractivity contribution in [2.24, 2.45) is 0 Å². The molecule has 2 saturated heterocycles. The van der Waals surface area contributed by atoms with Crippen LogP contribution in [-0.2, 0) is 24.6 Å². The molecule has 0 amide bonds. The Hall–Kier alpha value is -2.65. The number of ether oxygens (including phenoxy) is 2. The fourth-order valence-electron chi connectivity index (χ4n) is 5.37. The highest BCUT2D eigenvalue weighted by Gasteiger charge is 2.44. The van der Waals surface area contributed by atoms with Gasteiger partial charge in [0.2, 0.25) is 10.0 Å². The number of rotatable bonds is 11. The molecule has 2 aromatic carbocycles. The van der Waals surface area contributed by atoms with E-state index >= 15 is 0 Å². The minimum absolute atomic E-state index is 0.00717. The molecular weight excluding hydrogens is 570 g/mol. The van der Waals surface area contributed by atoms with Crippen molar-refractivity contribution in [1.82, 2.24) is 14.6 Å². The predicted octanol–water partition coefficient (Wildman–Crippen LogP) is 1.34. The molecule has 0 bridgehead atoms. The number of pyridine rings is 1. The summed E-state index contributed by atoms with van der Waals surface area (Å²) >= 11 is 0. The number of sulfone groups is 1. The summed E-state index contributed by atoms with van der Waals surface area (Å²) in [6.45, 7) is 0.942. The first-order valence-electron chi connectivity index (χ1n) is 13.6. The van der Waals surface area contributed by atoms with Gasteiger partial charge in [0.25, 0.3) is 0 Å². The van der Waals surface area contributed by atoms with Gasteiger partial charge in [-0.3, -0.25) is 4.98 Å². The highest BCUT2D eigenvalue weighted by molar-refractivity contribution is 7.91. The number of hydrogen-bond donors (Lipinski definition) is 3. The van der Waals surface area contributed by atoms with Crippen LogP contribution in [0.15, 0.2) is 70.6 Å². The molecule has 1 aromatic heterocycles. The second-order valence-electron chi connectivity index (χ2n) is 10.5. The van der Waals surface area contributed by atoms with E-state index in [4.69, 9.17) is 14.6 Å². The highest BCUT2D eigenvalue weighted by atomic mass is 32.2. The van der Waals surface area contributed by atoms with Crippen LogP contribution in [0.3, 0.4) is 0 Å². The first-order chi connectivity index (χ1) is 19.6. The lowest BCUT2D eigenvalue weighted by atomic mass is 9.88. The van der Waals surface area contributed by atoms with Gasteiger partial charge in [-0.1, -0.05) is 12.1 Å². The van der Waals surface area contributed by atoms with Gasteiger partial charge in [0, 0.05) is 37.3 Å². The molecule has 2 fully saturated rings. The number of aliphatic hydroxyl groups is 2. The maximum absolute atomic E-state index is 13.3. The Kier molecular flexibility index (Phi) is 8.95. The average molecular weight is 606 g/mol. The number of nitrogens with zero attached hydrogens (tertiary/aromatic N) is 2. The Bertz CT molecular complexity index is 1570. The van der Waals surface area contributed by atoms with Gasteiger partial charge in [0.15, 0.2) is 9.84 Å². The van der Waals surface area contributed by atoms with Crippen LogP contribution in [0.1, 0.15) is 19.3 Å². The van der Waals surface area contributed by atoms with Crippen LogP contribution in [-0.4, -0.2) is 99.3 Å². The number of aliphatic hydroxyl groups excluding tert-OH is 2. The predicted molar refractivity (Wildman–Crippen MR) is 152 cm³/mol. The van der Waals surface area contributed by atoms with E-state index in [-0.39, 0.29) is 34.7 Å². The normalized spacial score (nSPS) is 20.4. The summed E-state index contributed by atoms with van der Waals surface area (Å²) < 4.78 is 64.2. The van der Waals surface area contributed by atoms with E-state index in [1.807, 2.05) is 6.07 Å². The van der Waals surface area contributed by atoms with Gasteiger partial charge < -0.3 is 25.0 Å². The molecule has 2 aliphatic heterocycles. The summed E-state index contributed by atoms with van der Waals surface area (Å²) in [5, 5.41) is 23.5. The molecule has 13 heteroatoms. The number of aromatic nitrogens is 1. The van der Waals surface area contributed by atoms with Crippen LogP contribution in [0.2, 0.25) is 0 Å². The van der Waals surface area contributed by atoms with Crippen LogP contribution >= 0.6 is 0 Å². The lowest BCUT2D eigenvalue weighted by Crippen LogP contribution is -2.47. The fourth-order valence-corrected chi connectivity index (χ4v) is 7.91. The zero-order valence-corrected chi connectivity index (χ0v) is 24.2. The molecule has 3 heterocycles. The summed E-state index contributed by atoms with van der Waals surface area (Å²) in [4.78, 5) is 4.57. The van der Waals surface area contributed by atoms with Crippen LogP contribution in [0.4, 0.5) is 0 Å². The second kappa shape index (κ2) is 12.3. The van der Waals surface area contributed by atoms with Crippen molar-refractivity contribution in [2.45, 2.75) is 46.8 Å². The Labute approximate surface area is 240 Å². The summed E-state index contributed by atoms with van der Waals surface area (Å²) in [7, 11) is -7.23. The van der Waals surface area contributed by atoms with Crippen molar-refractivity contribution in [2.75, 3.05) is 45.2 Å². The Morgan fingerprint density at radius 2 is 1.88 bits per heavy atom. The molecule has 0 unspecified atom stereocenters. The van der Waals surface area contributed by atoms with Crippen LogP contribution in [0.25, 0.3) is 10.9 Å². The molecule has 0 radical (unpaired) electrons. The Balaban J connectivity index is 1.09. The molecule has 0 aliphatic carbocycles. The summed E-state index contributed by atoms with van der Waals surface area (Å²) in [6.07, 6.45) is 2.72. The average Bonchev–Trinajstić information content (AvgIpc) is 3.37. The third-order valence-corrected chi connectivity index (χ3v) is 11.3. The number of hydrogen-bond acceptors (Lipinski definition) is 10. The summed E-state index contributed by atoms with van der Waals surface area (Å²) in [5.74, 6) is -0.0576. The van der Waals surface area contributed by atoms with Crippen molar-refractivity contribution in [3.8, 4) is 5.75 Å². The molecule has 0 saturated carbocycles. The third-order valence-electron chi connectivity index (χ3n) is 7.66. The molecule has 2 atom stereocenters. The lowest BCUT2D eigenvalue weighted by molar-refractivity contribution is -0.0312. The van der Waals surface area contributed by atoms with E-state index in [1.54, 1.807) is 42.6 Å². The smallest absolute Gasteiger partial charge is 0.243 e. The van der Waals surface area contributed by atoms with Gasteiger partial charge in [0.05, 0.1) is 39.9 Å². The number of fused-ring (bicyclic) bond motifs is 1. The molecule has 5 rings (SSSR count). The molecule has 2 aliphatic rings. The minimum Gasteiger partial charge on any atom is -0.491 e. The first kappa shape index (κ1) is 29.8. The van der Waals surface area contributed by atoms with Crippen molar-refractivity contribution in [3.05, 3.63) is 60.8 Å². The van der Waals surface area contributed by atoms with E-state index in [0.29, 0.717) is 44.7 Å². The largest absolute Gasteiger partial charge is 0.491 e. The van der Waals surface area contributed by atoms with Gasteiger partial charge in [-0.25, -0.2) is 16.8 Å². The van der Waals surface area contributed by atoms with Crippen molar-refractivity contribution >= 4 is 30.8 Å². The molecule has 1 spiro atoms. The summed E-state index contributed by atoms with van der Waals surface area (Å²) in [6, 6.07) is 14.6. The summed E-state index contributed by atoms with van der Waals surface area (Å²) in [5.41, 5.74) is 0.344. The van der Waals surface area contributed by atoms with Crippen LogP contribution in [0.5, 0.6) is 5.75 Å². The third kappa shape index (κ3) is 6.88. The van der Waals surface area contributed by atoms with E-state index in [2.05, 4.69) is 10.3 Å². The zero-order valence-electron chi connectivity index (χ0n) is 22.6. The van der Waals surface area contributed by atoms with Crippen LogP contribution in [0, 0.1) is 0 Å². The van der Waals surface area contributed by atoms with Gasteiger partial charge in [0.1, 0.15) is 18.5 Å². The van der Waals surface area contributed by atoms with E-state index < -0.39 is 38.2 Å². The second-order valence-corrected chi connectivity index (χ2v) is 14.6. The Morgan fingerprint density at radius 1 is 1.07 bits per heavy atom. The number of benzene rings is 2. The first-order valence-corrected chi connectivity index (χ1v) is 16.7. The maximum atomic E-state index is 13.3. The topological polar surface area (TPSA) is 155 Å².